The molecule has 0 bridgehead atoms. The predicted molar refractivity (Wildman–Crippen MR) is 97.8 cm³/mol. The molecule has 1 fully saturated rings. The molecule has 0 saturated carbocycles. The SMILES string of the molecule is O=C1NC(c2ccc(N3CCCCC3)cc2)Nc2cc(Cl)ccc21. The Bertz CT molecular complexity index is 754. The number of hydrogen-bond donors (Lipinski definition) is 2. The quantitative estimate of drug-likeness (QED) is 0.861. The second-order valence-electron chi connectivity index (χ2n) is 6.38. The topological polar surface area (TPSA) is 44.4 Å². The third-order valence-corrected chi connectivity index (χ3v) is 4.98. The standard InChI is InChI=1S/C19H20ClN3O/c20-14-6-9-16-17(12-14)21-18(22-19(16)24)13-4-7-15(8-5-13)23-10-2-1-3-11-23/h4-9,12,18,21H,1-3,10-11H2,(H,22,24). The Labute approximate surface area is 146 Å². The molecule has 0 aromatic heterocycles. The smallest absolute Gasteiger partial charge is 0.255 e. The number of rotatable bonds is 2. The third kappa shape index (κ3) is 2.94. The second kappa shape index (κ2) is 6.36. The number of carbonyl (C=O) groups excluding carboxylic acids is 1. The van der Waals surface area contributed by atoms with Gasteiger partial charge in [0, 0.05) is 23.8 Å². The summed E-state index contributed by atoms with van der Waals surface area (Å²) in [7, 11) is 0. The first kappa shape index (κ1) is 15.3. The molecular weight excluding hydrogens is 322 g/mol. The van der Waals surface area contributed by atoms with Crippen molar-refractivity contribution in [2.45, 2.75) is 25.4 Å². The van der Waals surface area contributed by atoms with E-state index in [-0.39, 0.29) is 12.1 Å². The molecule has 1 unspecified atom stereocenters. The third-order valence-electron chi connectivity index (χ3n) is 4.75. The molecule has 1 saturated heterocycles. The number of piperidine rings is 1. The minimum Gasteiger partial charge on any atom is -0.372 e. The molecule has 124 valence electrons. The van der Waals surface area contributed by atoms with E-state index in [1.54, 1.807) is 18.2 Å². The highest BCUT2D eigenvalue weighted by atomic mass is 35.5. The van der Waals surface area contributed by atoms with Crippen LogP contribution in [-0.4, -0.2) is 19.0 Å². The fourth-order valence-corrected chi connectivity index (χ4v) is 3.60. The Morgan fingerprint density at radius 2 is 1.71 bits per heavy atom. The summed E-state index contributed by atoms with van der Waals surface area (Å²) in [4.78, 5) is 14.7. The lowest BCUT2D eigenvalue weighted by molar-refractivity contribution is 0.0935. The maximum atomic E-state index is 12.3. The van der Waals surface area contributed by atoms with Gasteiger partial charge in [0.25, 0.3) is 5.91 Å². The number of hydrogen-bond acceptors (Lipinski definition) is 3. The molecule has 4 rings (SSSR count). The van der Waals surface area contributed by atoms with E-state index in [1.807, 2.05) is 0 Å². The fourth-order valence-electron chi connectivity index (χ4n) is 3.43. The summed E-state index contributed by atoms with van der Waals surface area (Å²) < 4.78 is 0. The van der Waals surface area contributed by atoms with Gasteiger partial charge in [0.1, 0.15) is 6.17 Å². The molecule has 2 aliphatic rings. The van der Waals surface area contributed by atoms with Gasteiger partial charge in [-0.25, -0.2) is 0 Å². The summed E-state index contributed by atoms with van der Waals surface area (Å²) in [5.74, 6) is -0.0782. The molecule has 24 heavy (non-hydrogen) atoms. The number of nitrogens with one attached hydrogen (secondary N) is 2. The van der Waals surface area contributed by atoms with Crippen LogP contribution in [0.5, 0.6) is 0 Å². The van der Waals surface area contributed by atoms with Gasteiger partial charge >= 0.3 is 0 Å². The van der Waals surface area contributed by atoms with Crippen molar-refractivity contribution in [1.29, 1.82) is 0 Å². The van der Waals surface area contributed by atoms with Gasteiger partial charge in [0.15, 0.2) is 0 Å². The average Bonchev–Trinajstić information content (AvgIpc) is 2.62. The first-order valence-corrected chi connectivity index (χ1v) is 8.80. The van der Waals surface area contributed by atoms with Crippen LogP contribution < -0.4 is 15.5 Å². The summed E-state index contributed by atoms with van der Waals surface area (Å²) in [6.45, 7) is 2.26. The molecule has 2 aromatic rings. The highest BCUT2D eigenvalue weighted by Crippen LogP contribution is 2.30. The van der Waals surface area contributed by atoms with Crippen LogP contribution in [0.3, 0.4) is 0 Å². The summed E-state index contributed by atoms with van der Waals surface area (Å²) in [6.07, 6.45) is 3.62. The zero-order chi connectivity index (χ0) is 16.5. The number of nitrogens with zero attached hydrogens (tertiary/aromatic N) is 1. The molecule has 4 nitrogen and oxygen atoms in total. The van der Waals surface area contributed by atoms with Crippen LogP contribution in [0.4, 0.5) is 11.4 Å². The molecule has 1 atom stereocenters. The zero-order valence-corrected chi connectivity index (χ0v) is 14.1. The van der Waals surface area contributed by atoms with E-state index in [0.717, 1.165) is 24.3 Å². The highest BCUT2D eigenvalue weighted by Gasteiger charge is 2.24. The van der Waals surface area contributed by atoms with Crippen molar-refractivity contribution in [3.8, 4) is 0 Å². The Hall–Kier alpha value is -2.20. The van der Waals surface area contributed by atoms with E-state index in [9.17, 15) is 4.79 Å². The summed E-state index contributed by atoms with van der Waals surface area (Å²) >= 11 is 6.05. The Morgan fingerprint density at radius 3 is 2.46 bits per heavy atom. The Balaban J connectivity index is 1.55. The number of anilines is 2. The van der Waals surface area contributed by atoms with Crippen LogP contribution >= 0.6 is 11.6 Å². The second-order valence-corrected chi connectivity index (χ2v) is 6.82. The average molecular weight is 342 g/mol. The van der Waals surface area contributed by atoms with Gasteiger partial charge in [-0.3, -0.25) is 4.79 Å². The summed E-state index contributed by atoms with van der Waals surface area (Å²) in [6, 6.07) is 13.7. The van der Waals surface area contributed by atoms with Crippen molar-refractivity contribution in [3.63, 3.8) is 0 Å². The van der Waals surface area contributed by atoms with Crippen LogP contribution in [0.25, 0.3) is 0 Å². The maximum Gasteiger partial charge on any atom is 0.255 e. The lowest BCUT2D eigenvalue weighted by Crippen LogP contribution is -2.38. The first-order valence-electron chi connectivity index (χ1n) is 8.42. The van der Waals surface area contributed by atoms with Gasteiger partial charge in [-0.15, -0.1) is 0 Å². The number of halogens is 1. The van der Waals surface area contributed by atoms with E-state index in [2.05, 4.69) is 39.8 Å². The van der Waals surface area contributed by atoms with Crippen LogP contribution in [0.2, 0.25) is 5.02 Å². The monoisotopic (exact) mass is 341 g/mol. The molecule has 0 spiro atoms. The van der Waals surface area contributed by atoms with E-state index >= 15 is 0 Å². The van der Waals surface area contributed by atoms with Gasteiger partial charge < -0.3 is 15.5 Å². The molecule has 0 radical (unpaired) electrons. The minimum atomic E-state index is -0.237. The Kier molecular flexibility index (Phi) is 4.07. The van der Waals surface area contributed by atoms with E-state index in [4.69, 9.17) is 11.6 Å². The summed E-state index contributed by atoms with van der Waals surface area (Å²) in [5.41, 5.74) is 3.69. The lowest BCUT2D eigenvalue weighted by Gasteiger charge is -2.30. The van der Waals surface area contributed by atoms with Crippen molar-refractivity contribution in [2.24, 2.45) is 0 Å². The fraction of sp³-hybridized carbons (Fsp3) is 0.316. The number of amides is 1. The molecule has 5 heteroatoms. The minimum absolute atomic E-state index is 0.0782. The Morgan fingerprint density at radius 1 is 0.958 bits per heavy atom. The summed E-state index contributed by atoms with van der Waals surface area (Å²) in [5, 5.41) is 6.97. The van der Waals surface area contributed by atoms with Crippen LogP contribution in [0, 0.1) is 0 Å². The molecule has 2 aromatic carbocycles. The van der Waals surface area contributed by atoms with Crippen LogP contribution in [-0.2, 0) is 0 Å². The van der Waals surface area contributed by atoms with Crippen molar-refractivity contribution in [3.05, 3.63) is 58.6 Å². The molecule has 2 N–H and O–H groups in total. The zero-order valence-electron chi connectivity index (χ0n) is 13.4. The number of fused-ring (bicyclic) bond motifs is 1. The molecular formula is C19H20ClN3O. The number of carbonyl (C=O) groups is 1. The van der Waals surface area contributed by atoms with Gasteiger partial charge in [0.05, 0.1) is 11.3 Å². The largest absolute Gasteiger partial charge is 0.372 e. The van der Waals surface area contributed by atoms with Crippen LogP contribution in [0.1, 0.15) is 41.3 Å². The molecule has 2 aliphatic heterocycles. The number of benzene rings is 2. The predicted octanol–water partition coefficient (Wildman–Crippen LogP) is 4.18. The van der Waals surface area contributed by atoms with E-state index in [1.165, 1.54) is 24.9 Å². The highest BCUT2D eigenvalue weighted by molar-refractivity contribution is 6.31. The van der Waals surface area contributed by atoms with Gasteiger partial charge in [-0.1, -0.05) is 23.7 Å². The van der Waals surface area contributed by atoms with E-state index < -0.39 is 0 Å². The van der Waals surface area contributed by atoms with Crippen molar-refractivity contribution < 1.29 is 4.79 Å². The van der Waals surface area contributed by atoms with Crippen molar-refractivity contribution in [1.82, 2.24) is 5.32 Å². The van der Waals surface area contributed by atoms with Gasteiger partial charge in [0.2, 0.25) is 0 Å². The maximum absolute atomic E-state index is 12.3. The first-order chi connectivity index (χ1) is 11.7. The van der Waals surface area contributed by atoms with E-state index in [0.29, 0.717) is 10.6 Å². The normalized spacial score (nSPS) is 20.1. The van der Waals surface area contributed by atoms with Crippen LogP contribution in [0.15, 0.2) is 42.5 Å². The van der Waals surface area contributed by atoms with Gasteiger partial charge in [-0.2, -0.15) is 0 Å². The lowest BCUT2D eigenvalue weighted by atomic mass is 10.0. The van der Waals surface area contributed by atoms with Gasteiger partial charge in [-0.05, 0) is 55.2 Å². The molecule has 1 amide bonds. The van der Waals surface area contributed by atoms with Crippen molar-refractivity contribution >= 4 is 28.9 Å². The van der Waals surface area contributed by atoms with Crippen molar-refractivity contribution in [2.75, 3.05) is 23.3 Å². The molecule has 0 aliphatic carbocycles. The molecule has 2 heterocycles.